The minimum absolute atomic E-state index is 0.542. The van der Waals surface area contributed by atoms with E-state index in [-0.39, 0.29) is 0 Å². The zero-order valence-corrected chi connectivity index (χ0v) is 12.4. The van der Waals surface area contributed by atoms with E-state index < -0.39 is 0 Å². The van der Waals surface area contributed by atoms with Gasteiger partial charge in [-0.1, -0.05) is 25.1 Å². The average Bonchev–Trinajstić information content (AvgIpc) is 3.07. The molecule has 0 saturated carbocycles. The molecule has 20 heavy (non-hydrogen) atoms. The number of nitrogens with one attached hydrogen (secondary N) is 1. The van der Waals surface area contributed by atoms with Crippen LogP contribution in [-0.2, 0) is 19.4 Å². The first kappa shape index (κ1) is 13.4. The molecular weight excluding hydrogens is 246 g/mol. The molecule has 0 amide bonds. The average molecular weight is 269 g/mol. The molecule has 2 aromatic rings. The van der Waals surface area contributed by atoms with Crippen LogP contribution in [0.25, 0.3) is 0 Å². The molecule has 1 aromatic heterocycles. The Morgan fingerprint density at radius 1 is 1.35 bits per heavy atom. The fourth-order valence-corrected chi connectivity index (χ4v) is 3.32. The zero-order chi connectivity index (χ0) is 13.9. The Morgan fingerprint density at radius 3 is 3.05 bits per heavy atom. The molecule has 106 valence electrons. The van der Waals surface area contributed by atoms with Crippen LogP contribution in [0.15, 0.2) is 30.6 Å². The van der Waals surface area contributed by atoms with Gasteiger partial charge in [0.1, 0.15) is 5.82 Å². The topological polar surface area (TPSA) is 29.9 Å². The summed E-state index contributed by atoms with van der Waals surface area (Å²) in [6.45, 7) is 6.38. The lowest BCUT2D eigenvalue weighted by molar-refractivity contribution is 0.549. The fourth-order valence-electron chi connectivity index (χ4n) is 3.32. The zero-order valence-electron chi connectivity index (χ0n) is 12.4. The summed E-state index contributed by atoms with van der Waals surface area (Å²) < 4.78 is 2.23. The Morgan fingerprint density at radius 2 is 2.25 bits per heavy atom. The number of benzene rings is 1. The van der Waals surface area contributed by atoms with Crippen LogP contribution in [0, 0.1) is 0 Å². The van der Waals surface area contributed by atoms with Gasteiger partial charge in [-0.05, 0) is 43.0 Å². The van der Waals surface area contributed by atoms with Gasteiger partial charge in [-0.25, -0.2) is 4.98 Å². The molecule has 1 unspecified atom stereocenters. The van der Waals surface area contributed by atoms with Crippen LogP contribution >= 0.6 is 0 Å². The van der Waals surface area contributed by atoms with Crippen molar-refractivity contribution in [3.05, 3.63) is 53.1 Å². The van der Waals surface area contributed by atoms with Gasteiger partial charge in [-0.15, -0.1) is 0 Å². The Balaban J connectivity index is 1.89. The molecule has 1 aliphatic carbocycles. The van der Waals surface area contributed by atoms with Crippen molar-refractivity contribution in [3.8, 4) is 0 Å². The summed E-state index contributed by atoms with van der Waals surface area (Å²) in [5.41, 5.74) is 4.49. The second-order valence-corrected chi connectivity index (χ2v) is 5.44. The highest BCUT2D eigenvalue weighted by atomic mass is 15.0. The van der Waals surface area contributed by atoms with Gasteiger partial charge in [0, 0.05) is 31.4 Å². The minimum Gasteiger partial charge on any atom is -0.335 e. The molecule has 1 heterocycles. The van der Waals surface area contributed by atoms with Crippen LogP contribution in [0.5, 0.6) is 0 Å². The molecule has 1 aliphatic rings. The Labute approximate surface area is 121 Å². The van der Waals surface area contributed by atoms with E-state index in [1.807, 2.05) is 6.20 Å². The van der Waals surface area contributed by atoms with Crippen molar-refractivity contribution in [1.82, 2.24) is 14.9 Å². The molecule has 3 nitrogen and oxygen atoms in total. The van der Waals surface area contributed by atoms with Crippen molar-refractivity contribution < 1.29 is 0 Å². The molecule has 0 spiro atoms. The van der Waals surface area contributed by atoms with Gasteiger partial charge in [-0.3, -0.25) is 0 Å². The molecule has 0 radical (unpaired) electrons. The Bertz CT molecular complexity index is 586. The smallest absolute Gasteiger partial charge is 0.113 e. The van der Waals surface area contributed by atoms with Gasteiger partial charge in [0.05, 0.1) is 0 Å². The molecule has 0 aliphatic heterocycles. The first-order valence-corrected chi connectivity index (χ1v) is 7.67. The first-order chi connectivity index (χ1) is 9.83. The third-order valence-corrected chi connectivity index (χ3v) is 4.31. The van der Waals surface area contributed by atoms with E-state index in [1.165, 1.54) is 29.8 Å². The molecule has 0 saturated heterocycles. The predicted octanol–water partition coefficient (Wildman–Crippen LogP) is 3.09. The largest absolute Gasteiger partial charge is 0.335 e. The highest BCUT2D eigenvalue weighted by molar-refractivity contribution is 5.42. The summed E-state index contributed by atoms with van der Waals surface area (Å²) in [5, 5.41) is 3.59. The molecule has 3 rings (SSSR count). The fraction of sp³-hybridized carbons (Fsp3) is 0.471. The Hall–Kier alpha value is -1.61. The second-order valence-electron chi connectivity index (χ2n) is 5.44. The van der Waals surface area contributed by atoms with Crippen molar-refractivity contribution in [2.75, 3.05) is 6.54 Å². The van der Waals surface area contributed by atoms with Gasteiger partial charge >= 0.3 is 0 Å². The van der Waals surface area contributed by atoms with E-state index in [9.17, 15) is 0 Å². The molecule has 1 N–H and O–H groups in total. The van der Waals surface area contributed by atoms with Crippen LogP contribution in [0.2, 0.25) is 0 Å². The van der Waals surface area contributed by atoms with Crippen molar-refractivity contribution in [1.29, 1.82) is 0 Å². The monoisotopic (exact) mass is 269 g/mol. The summed E-state index contributed by atoms with van der Waals surface area (Å²) in [7, 11) is 0. The van der Waals surface area contributed by atoms with Crippen molar-refractivity contribution in [2.45, 2.75) is 45.7 Å². The van der Waals surface area contributed by atoms with E-state index in [4.69, 9.17) is 0 Å². The Kier molecular flexibility index (Phi) is 3.88. The third-order valence-electron chi connectivity index (χ3n) is 4.31. The van der Waals surface area contributed by atoms with E-state index in [2.05, 4.69) is 53.1 Å². The third kappa shape index (κ3) is 2.38. The first-order valence-electron chi connectivity index (χ1n) is 7.67. The SMILES string of the molecule is CCNC1CCc2c(Cc3nccn3CC)cccc21. The quantitative estimate of drug-likeness (QED) is 0.904. The highest BCUT2D eigenvalue weighted by Gasteiger charge is 2.23. The summed E-state index contributed by atoms with van der Waals surface area (Å²) in [6, 6.07) is 7.29. The van der Waals surface area contributed by atoms with Crippen LogP contribution in [0.3, 0.4) is 0 Å². The number of aryl methyl sites for hydroxylation is 1. The summed E-state index contributed by atoms with van der Waals surface area (Å²) in [5.74, 6) is 1.17. The van der Waals surface area contributed by atoms with E-state index in [0.29, 0.717) is 6.04 Å². The van der Waals surface area contributed by atoms with Crippen molar-refractivity contribution in [2.24, 2.45) is 0 Å². The normalized spacial score (nSPS) is 17.4. The minimum atomic E-state index is 0.542. The van der Waals surface area contributed by atoms with Crippen molar-refractivity contribution >= 4 is 0 Å². The number of hydrogen-bond donors (Lipinski definition) is 1. The maximum atomic E-state index is 4.51. The molecule has 1 atom stereocenters. The van der Waals surface area contributed by atoms with Gasteiger partial charge < -0.3 is 9.88 Å². The van der Waals surface area contributed by atoms with Crippen LogP contribution in [0.1, 0.15) is 48.8 Å². The molecule has 0 fully saturated rings. The van der Waals surface area contributed by atoms with Gasteiger partial charge in [0.2, 0.25) is 0 Å². The number of rotatable bonds is 5. The number of aromatic nitrogens is 2. The summed E-state index contributed by atoms with van der Waals surface area (Å²) >= 11 is 0. The van der Waals surface area contributed by atoms with Crippen LogP contribution < -0.4 is 5.32 Å². The number of hydrogen-bond acceptors (Lipinski definition) is 2. The lowest BCUT2D eigenvalue weighted by Crippen LogP contribution is -2.18. The van der Waals surface area contributed by atoms with Crippen LogP contribution in [-0.4, -0.2) is 16.1 Å². The van der Waals surface area contributed by atoms with E-state index >= 15 is 0 Å². The lowest BCUT2D eigenvalue weighted by Gasteiger charge is -2.14. The van der Waals surface area contributed by atoms with Gasteiger partial charge in [-0.2, -0.15) is 0 Å². The maximum absolute atomic E-state index is 4.51. The lowest BCUT2D eigenvalue weighted by atomic mass is 9.99. The maximum Gasteiger partial charge on any atom is 0.113 e. The number of fused-ring (bicyclic) bond motifs is 1. The second kappa shape index (κ2) is 5.80. The standard InChI is InChI=1S/C17H23N3/c1-3-18-16-9-8-14-13(6-5-7-15(14)16)12-17-19-10-11-20(17)4-2/h5-7,10-11,16,18H,3-4,8-9,12H2,1-2H3. The number of imidazole rings is 1. The summed E-state index contributed by atoms with van der Waals surface area (Å²) in [4.78, 5) is 4.51. The number of nitrogens with zero attached hydrogens (tertiary/aromatic N) is 2. The van der Waals surface area contributed by atoms with Crippen LogP contribution in [0.4, 0.5) is 0 Å². The van der Waals surface area contributed by atoms with E-state index in [0.717, 1.165) is 19.5 Å². The molecular formula is C17H23N3. The van der Waals surface area contributed by atoms with E-state index in [1.54, 1.807) is 5.56 Å². The van der Waals surface area contributed by atoms with Crippen molar-refractivity contribution in [3.63, 3.8) is 0 Å². The van der Waals surface area contributed by atoms with Gasteiger partial charge in [0.25, 0.3) is 0 Å². The van der Waals surface area contributed by atoms with Gasteiger partial charge in [0.15, 0.2) is 0 Å². The molecule has 3 heteroatoms. The molecule has 1 aromatic carbocycles. The highest BCUT2D eigenvalue weighted by Crippen LogP contribution is 2.33. The summed E-state index contributed by atoms with van der Waals surface area (Å²) in [6.07, 6.45) is 7.34. The molecule has 0 bridgehead atoms. The predicted molar refractivity (Wildman–Crippen MR) is 81.9 cm³/mol.